The third kappa shape index (κ3) is 4.02. The van der Waals surface area contributed by atoms with Gasteiger partial charge in [-0.05, 0) is 25.5 Å². The summed E-state index contributed by atoms with van der Waals surface area (Å²) in [5.74, 6) is -0.901. The zero-order valence-electron chi connectivity index (χ0n) is 11.7. The first-order valence-electron chi connectivity index (χ1n) is 6.99. The average molecular weight is 302 g/mol. The molecule has 1 aliphatic carbocycles. The Morgan fingerprint density at radius 3 is 2.90 bits per heavy atom. The molecular weight excluding hydrogens is 280 g/mol. The van der Waals surface area contributed by atoms with Crippen molar-refractivity contribution >= 4 is 23.8 Å². The van der Waals surface area contributed by atoms with Crippen LogP contribution in [0.4, 0.5) is 4.79 Å². The molecule has 2 rings (SSSR count). The van der Waals surface area contributed by atoms with Crippen molar-refractivity contribution in [3.63, 3.8) is 0 Å². The maximum atomic E-state index is 12.3. The zero-order valence-corrected chi connectivity index (χ0v) is 12.5. The molecule has 1 saturated heterocycles. The number of carbonyl (C=O) groups is 2. The summed E-state index contributed by atoms with van der Waals surface area (Å²) >= 11 is 1.85. The van der Waals surface area contributed by atoms with Crippen molar-refractivity contribution in [2.75, 3.05) is 26.0 Å². The fraction of sp³-hybridized carbons (Fsp3) is 0.846. The number of hydrogen-bond donors (Lipinski definition) is 2. The van der Waals surface area contributed by atoms with Crippen molar-refractivity contribution < 1.29 is 19.4 Å². The Labute approximate surface area is 123 Å². The average Bonchev–Trinajstić information content (AvgIpc) is 2.86. The van der Waals surface area contributed by atoms with E-state index in [0.717, 1.165) is 19.3 Å². The Bertz CT molecular complexity index is 366. The first kappa shape index (κ1) is 15.4. The van der Waals surface area contributed by atoms with Crippen molar-refractivity contribution in [2.45, 2.75) is 43.0 Å². The largest absolute Gasteiger partial charge is 0.481 e. The van der Waals surface area contributed by atoms with Gasteiger partial charge in [-0.1, -0.05) is 0 Å². The molecule has 114 valence electrons. The van der Waals surface area contributed by atoms with Crippen LogP contribution in [0.1, 0.15) is 25.7 Å². The lowest BCUT2D eigenvalue weighted by atomic mass is 10.1. The Hall–Kier alpha value is -0.950. The van der Waals surface area contributed by atoms with Gasteiger partial charge >= 0.3 is 12.0 Å². The second kappa shape index (κ2) is 7.17. The maximum Gasteiger partial charge on any atom is 0.318 e. The number of morpholine rings is 1. The van der Waals surface area contributed by atoms with Crippen LogP contribution in [0.15, 0.2) is 0 Å². The lowest BCUT2D eigenvalue weighted by Crippen LogP contribution is -2.54. The summed E-state index contributed by atoms with van der Waals surface area (Å²) in [6, 6.07) is -0.293. The molecule has 0 aromatic rings. The number of urea groups is 1. The van der Waals surface area contributed by atoms with Gasteiger partial charge in [0.25, 0.3) is 0 Å². The van der Waals surface area contributed by atoms with Crippen LogP contribution in [0.3, 0.4) is 0 Å². The van der Waals surface area contributed by atoms with E-state index >= 15 is 0 Å². The predicted octanol–water partition coefficient (Wildman–Crippen LogP) is 1.16. The van der Waals surface area contributed by atoms with Crippen LogP contribution in [0.25, 0.3) is 0 Å². The van der Waals surface area contributed by atoms with E-state index < -0.39 is 5.97 Å². The number of amides is 2. The Balaban J connectivity index is 1.87. The highest BCUT2D eigenvalue weighted by Gasteiger charge is 2.32. The predicted molar refractivity (Wildman–Crippen MR) is 77.0 cm³/mol. The molecule has 7 heteroatoms. The van der Waals surface area contributed by atoms with Gasteiger partial charge in [0.1, 0.15) is 0 Å². The van der Waals surface area contributed by atoms with Crippen molar-refractivity contribution in [3.8, 4) is 0 Å². The van der Waals surface area contributed by atoms with Gasteiger partial charge in [0, 0.05) is 17.8 Å². The molecule has 0 spiro atoms. The molecule has 2 aliphatic rings. The second-order valence-corrected chi connectivity index (χ2v) is 6.48. The van der Waals surface area contributed by atoms with Crippen LogP contribution in [-0.2, 0) is 9.53 Å². The van der Waals surface area contributed by atoms with Crippen LogP contribution in [0.5, 0.6) is 0 Å². The Morgan fingerprint density at radius 2 is 2.25 bits per heavy atom. The van der Waals surface area contributed by atoms with Gasteiger partial charge in [-0.2, -0.15) is 11.8 Å². The summed E-state index contributed by atoms with van der Waals surface area (Å²) < 4.78 is 5.28. The number of ether oxygens (including phenoxy) is 1. The summed E-state index contributed by atoms with van der Waals surface area (Å²) in [7, 11) is 0. The zero-order chi connectivity index (χ0) is 14.5. The molecule has 3 atom stereocenters. The van der Waals surface area contributed by atoms with Gasteiger partial charge in [0.15, 0.2) is 0 Å². The molecule has 2 amide bonds. The first-order valence-corrected chi connectivity index (χ1v) is 8.28. The number of carboxylic acid groups (broad SMARTS) is 1. The number of hydrogen-bond acceptors (Lipinski definition) is 4. The number of nitrogens with one attached hydrogen (secondary N) is 1. The fourth-order valence-corrected chi connectivity index (χ4v) is 3.63. The maximum absolute atomic E-state index is 12.3. The van der Waals surface area contributed by atoms with E-state index in [1.807, 2.05) is 11.8 Å². The van der Waals surface area contributed by atoms with E-state index in [9.17, 15) is 9.59 Å². The molecule has 0 aromatic carbocycles. The summed E-state index contributed by atoms with van der Waals surface area (Å²) in [6.45, 7) is 1.24. The molecule has 0 aromatic heterocycles. The highest BCUT2D eigenvalue weighted by molar-refractivity contribution is 7.99. The number of rotatable bonds is 4. The SMILES string of the molecule is CSC1CCC(NC(=O)N2CCOCC2CC(=O)O)C1. The van der Waals surface area contributed by atoms with Crippen molar-refractivity contribution in [1.82, 2.24) is 10.2 Å². The lowest BCUT2D eigenvalue weighted by Gasteiger charge is -2.35. The Kier molecular flexibility index (Phi) is 5.54. The first-order chi connectivity index (χ1) is 9.60. The minimum Gasteiger partial charge on any atom is -0.481 e. The standard InChI is InChI=1S/C13H22N2O4S/c1-20-11-3-2-9(6-11)14-13(18)15-4-5-19-8-10(15)7-12(16)17/h9-11H,2-8H2,1H3,(H,14,18)(H,16,17). The Morgan fingerprint density at radius 1 is 1.45 bits per heavy atom. The number of carbonyl (C=O) groups excluding carboxylic acids is 1. The molecule has 6 nitrogen and oxygen atoms in total. The van der Waals surface area contributed by atoms with Crippen LogP contribution in [0, 0.1) is 0 Å². The van der Waals surface area contributed by atoms with Crippen molar-refractivity contribution in [2.24, 2.45) is 0 Å². The van der Waals surface area contributed by atoms with E-state index in [4.69, 9.17) is 9.84 Å². The van der Waals surface area contributed by atoms with Crippen molar-refractivity contribution in [3.05, 3.63) is 0 Å². The van der Waals surface area contributed by atoms with Gasteiger partial charge < -0.3 is 20.1 Å². The molecule has 0 radical (unpaired) electrons. The van der Waals surface area contributed by atoms with Crippen LogP contribution in [-0.4, -0.2) is 65.4 Å². The minimum absolute atomic E-state index is 0.0640. The summed E-state index contributed by atoms with van der Waals surface area (Å²) in [6.07, 6.45) is 5.17. The topological polar surface area (TPSA) is 78.9 Å². The van der Waals surface area contributed by atoms with Gasteiger partial charge in [0.05, 0.1) is 25.7 Å². The number of nitrogens with zero attached hydrogens (tertiary/aromatic N) is 1. The fourth-order valence-electron chi connectivity index (χ4n) is 2.84. The molecule has 1 heterocycles. The van der Waals surface area contributed by atoms with Gasteiger partial charge in [-0.3, -0.25) is 4.79 Å². The van der Waals surface area contributed by atoms with Crippen LogP contribution >= 0.6 is 11.8 Å². The molecule has 3 unspecified atom stereocenters. The van der Waals surface area contributed by atoms with E-state index in [-0.39, 0.29) is 24.5 Å². The summed E-state index contributed by atoms with van der Waals surface area (Å²) in [5, 5.41) is 12.6. The molecule has 2 fully saturated rings. The molecule has 0 bridgehead atoms. The minimum atomic E-state index is -0.901. The molecule has 20 heavy (non-hydrogen) atoms. The van der Waals surface area contributed by atoms with Crippen molar-refractivity contribution in [1.29, 1.82) is 0 Å². The van der Waals surface area contributed by atoms with E-state index in [1.54, 1.807) is 4.90 Å². The number of carboxylic acids is 1. The quantitative estimate of drug-likeness (QED) is 0.814. The second-order valence-electron chi connectivity index (χ2n) is 5.34. The molecule has 1 aliphatic heterocycles. The monoisotopic (exact) mass is 302 g/mol. The van der Waals surface area contributed by atoms with E-state index in [2.05, 4.69) is 11.6 Å². The molecular formula is C13H22N2O4S. The van der Waals surface area contributed by atoms with Crippen LogP contribution in [0.2, 0.25) is 0 Å². The highest BCUT2D eigenvalue weighted by Crippen LogP contribution is 2.28. The number of thioether (sulfide) groups is 1. The van der Waals surface area contributed by atoms with E-state index in [1.165, 1.54) is 0 Å². The highest BCUT2D eigenvalue weighted by atomic mass is 32.2. The third-order valence-corrected chi connectivity index (χ3v) is 5.04. The van der Waals surface area contributed by atoms with E-state index in [0.29, 0.717) is 25.0 Å². The van der Waals surface area contributed by atoms with Gasteiger partial charge in [-0.25, -0.2) is 4.79 Å². The van der Waals surface area contributed by atoms with Gasteiger partial charge in [0.2, 0.25) is 0 Å². The molecule has 1 saturated carbocycles. The number of aliphatic carboxylic acids is 1. The summed E-state index contributed by atoms with van der Waals surface area (Å²) in [5.41, 5.74) is 0. The smallest absolute Gasteiger partial charge is 0.318 e. The van der Waals surface area contributed by atoms with Crippen LogP contribution < -0.4 is 5.32 Å². The normalized spacial score (nSPS) is 30.2. The molecule has 2 N–H and O–H groups in total. The van der Waals surface area contributed by atoms with Gasteiger partial charge in [-0.15, -0.1) is 0 Å². The third-order valence-electron chi connectivity index (χ3n) is 3.94. The summed E-state index contributed by atoms with van der Waals surface area (Å²) in [4.78, 5) is 24.8. The lowest BCUT2D eigenvalue weighted by molar-refractivity contribution is -0.139.